The van der Waals surface area contributed by atoms with Crippen molar-refractivity contribution in [1.29, 1.82) is 0 Å². The maximum atomic E-state index is 6.19. The van der Waals surface area contributed by atoms with Crippen LogP contribution in [0.15, 0.2) is 6.20 Å². The monoisotopic (exact) mass is 189 g/mol. The average molecular weight is 189 g/mol. The van der Waals surface area contributed by atoms with Gasteiger partial charge in [0.1, 0.15) is 5.82 Å². The van der Waals surface area contributed by atoms with Crippen LogP contribution >= 0.6 is 0 Å². The normalized spacial score (nSPS) is 22.9. The van der Waals surface area contributed by atoms with Gasteiger partial charge in [0, 0.05) is 11.9 Å². The van der Waals surface area contributed by atoms with Crippen molar-refractivity contribution in [2.75, 3.05) is 0 Å². The second-order valence-corrected chi connectivity index (χ2v) is 4.53. The predicted molar refractivity (Wildman–Crippen MR) is 53.8 cm³/mol. The Balaban J connectivity index is 2.00. The summed E-state index contributed by atoms with van der Waals surface area (Å²) < 4.78 is 0. The van der Waals surface area contributed by atoms with Gasteiger partial charge in [0.2, 0.25) is 0 Å². The molecule has 2 N–H and O–H groups in total. The SMILES string of the molecule is NC1(c2ncc3c(n2)CCC3)CCC1. The minimum absolute atomic E-state index is 0.197. The summed E-state index contributed by atoms with van der Waals surface area (Å²) >= 11 is 0. The molecule has 0 bridgehead atoms. The molecule has 3 nitrogen and oxygen atoms in total. The number of hydrogen-bond acceptors (Lipinski definition) is 3. The molecule has 0 atom stereocenters. The third-order valence-corrected chi connectivity index (χ3v) is 3.51. The molecule has 1 aromatic rings. The molecule has 14 heavy (non-hydrogen) atoms. The van der Waals surface area contributed by atoms with Gasteiger partial charge in [-0.2, -0.15) is 0 Å². The van der Waals surface area contributed by atoms with Crippen LogP contribution in [0.5, 0.6) is 0 Å². The van der Waals surface area contributed by atoms with E-state index in [0.29, 0.717) is 0 Å². The van der Waals surface area contributed by atoms with E-state index in [1.807, 2.05) is 6.20 Å². The van der Waals surface area contributed by atoms with E-state index in [-0.39, 0.29) is 5.54 Å². The molecule has 0 spiro atoms. The number of hydrogen-bond donors (Lipinski definition) is 1. The fourth-order valence-electron chi connectivity index (χ4n) is 2.33. The van der Waals surface area contributed by atoms with Gasteiger partial charge < -0.3 is 5.73 Å². The number of nitrogens with two attached hydrogens (primary N) is 1. The maximum absolute atomic E-state index is 6.19. The average Bonchev–Trinajstić information content (AvgIpc) is 2.60. The fourth-order valence-corrected chi connectivity index (χ4v) is 2.33. The highest BCUT2D eigenvalue weighted by molar-refractivity contribution is 5.25. The van der Waals surface area contributed by atoms with Crippen LogP contribution in [0.4, 0.5) is 0 Å². The molecule has 0 radical (unpaired) electrons. The largest absolute Gasteiger partial charge is 0.319 e. The van der Waals surface area contributed by atoms with Crippen molar-refractivity contribution >= 4 is 0 Å². The quantitative estimate of drug-likeness (QED) is 0.724. The first-order valence-corrected chi connectivity index (χ1v) is 5.42. The smallest absolute Gasteiger partial charge is 0.148 e. The molecule has 1 fully saturated rings. The Morgan fingerprint density at radius 3 is 2.79 bits per heavy atom. The van der Waals surface area contributed by atoms with Crippen LogP contribution in [0, 0.1) is 0 Å². The zero-order valence-corrected chi connectivity index (χ0v) is 8.29. The Hall–Kier alpha value is -0.960. The number of aryl methyl sites for hydroxylation is 2. The molecule has 2 aliphatic rings. The van der Waals surface area contributed by atoms with Gasteiger partial charge in [-0.3, -0.25) is 0 Å². The highest BCUT2D eigenvalue weighted by Crippen LogP contribution is 2.37. The van der Waals surface area contributed by atoms with E-state index >= 15 is 0 Å². The summed E-state index contributed by atoms with van der Waals surface area (Å²) in [6.45, 7) is 0. The topological polar surface area (TPSA) is 51.8 Å². The second kappa shape index (κ2) is 2.76. The molecule has 3 rings (SSSR count). The minimum Gasteiger partial charge on any atom is -0.319 e. The van der Waals surface area contributed by atoms with Crippen molar-refractivity contribution in [1.82, 2.24) is 9.97 Å². The van der Waals surface area contributed by atoms with E-state index < -0.39 is 0 Å². The Bertz CT molecular complexity index is 369. The summed E-state index contributed by atoms with van der Waals surface area (Å²) in [4.78, 5) is 9.02. The van der Waals surface area contributed by atoms with Crippen molar-refractivity contribution in [3.05, 3.63) is 23.3 Å². The molecule has 0 aliphatic heterocycles. The van der Waals surface area contributed by atoms with Crippen molar-refractivity contribution < 1.29 is 0 Å². The van der Waals surface area contributed by atoms with Crippen LogP contribution in [-0.2, 0) is 18.4 Å². The highest BCUT2D eigenvalue weighted by atomic mass is 15.0. The third kappa shape index (κ3) is 1.08. The number of fused-ring (bicyclic) bond motifs is 1. The molecule has 1 saturated carbocycles. The van der Waals surface area contributed by atoms with Gasteiger partial charge in [-0.25, -0.2) is 9.97 Å². The number of nitrogens with zero attached hydrogens (tertiary/aromatic N) is 2. The molecular weight excluding hydrogens is 174 g/mol. The van der Waals surface area contributed by atoms with Gasteiger partial charge in [0.15, 0.2) is 0 Å². The van der Waals surface area contributed by atoms with Crippen molar-refractivity contribution in [3.8, 4) is 0 Å². The van der Waals surface area contributed by atoms with Gasteiger partial charge in [-0.05, 0) is 44.1 Å². The van der Waals surface area contributed by atoms with Gasteiger partial charge in [-0.1, -0.05) is 0 Å². The first-order valence-electron chi connectivity index (χ1n) is 5.42. The van der Waals surface area contributed by atoms with E-state index in [4.69, 9.17) is 5.73 Å². The summed E-state index contributed by atoms with van der Waals surface area (Å²) in [5.74, 6) is 0.879. The van der Waals surface area contributed by atoms with Crippen LogP contribution < -0.4 is 5.73 Å². The van der Waals surface area contributed by atoms with Crippen molar-refractivity contribution in [2.45, 2.75) is 44.1 Å². The molecule has 1 heterocycles. The summed E-state index contributed by atoms with van der Waals surface area (Å²) in [5, 5.41) is 0. The van der Waals surface area contributed by atoms with Crippen LogP contribution in [0.2, 0.25) is 0 Å². The van der Waals surface area contributed by atoms with E-state index in [1.165, 1.54) is 24.1 Å². The lowest BCUT2D eigenvalue weighted by atomic mass is 9.77. The summed E-state index contributed by atoms with van der Waals surface area (Å²) in [5.41, 5.74) is 8.57. The predicted octanol–water partition coefficient (Wildman–Crippen LogP) is 1.30. The molecule has 0 saturated heterocycles. The van der Waals surface area contributed by atoms with Gasteiger partial charge in [-0.15, -0.1) is 0 Å². The molecule has 0 aromatic carbocycles. The van der Waals surface area contributed by atoms with Crippen LogP contribution in [0.1, 0.15) is 42.8 Å². The third-order valence-electron chi connectivity index (χ3n) is 3.51. The molecule has 74 valence electrons. The van der Waals surface area contributed by atoms with E-state index in [2.05, 4.69) is 9.97 Å². The van der Waals surface area contributed by atoms with Crippen LogP contribution in [0.3, 0.4) is 0 Å². The van der Waals surface area contributed by atoms with E-state index in [0.717, 1.165) is 31.5 Å². The first kappa shape index (κ1) is 8.36. The molecule has 0 unspecified atom stereocenters. The fraction of sp³-hybridized carbons (Fsp3) is 0.636. The Kier molecular flexibility index (Phi) is 1.65. The molecular formula is C11H15N3. The lowest BCUT2D eigenvalue weighted by molar-refractivity contribution is 0.237. The zero-order valence-electron chi connectivity index (χ0n) is 8.29. The number of aromatic nitrogens is 2. The lowest BCUT2D eigenvalue weighted by Crippen LogP contribution is -2.45. The van der Waals surface area contributed by atoms with Gasteiger partial charge >= 0.3 is 0 Å². The lowest BCUT2D eigenvalue weighted by Gasteiger charge is -2.36. The van der Waals surface area contributed by atoms with Crippen LogP contribution in [0.25, 0.3) is 0 Å². The Labute approximate surface area is 83.8 Å². The van der Waals surface area contributed by atoms with E-state index in [9.17, 15) is 0 Å². The molecule has 3 heteroatoms. The second-order valence-electron chi connectivity index (χ2n) is 4.53. The molecule has 2 aliphatic carbocycles. The van der Waals surface area contributed by atoms with Crippen LogP contribution in [-0.4, -0.2) is 9.97 Å². The van der Waals surface area contributed by atoms with Gasteiger partial charge in [0.05, 0.1) is 5.54 Å². The standard InChI is InChI=1S/C11H15N3/c12-11(5-2-6-11)10-13-7-8-3-1-4-9(8)14-10/h7H,1-6,12H2. The van der Waals surface area contributed by atoms with Gasteiger partial charge in [0.25, 0.3) is 0 Å². The molecule has 1 aromatic heterocycles. The number of rotatable bonds is 1. The zero-order chi connectivity index (χ0) is 9.60. The minimum atomic E-state index is -0.197. The summed E-state index contributed by atoms with van der Waals surface area (Å²) in [6, 6.07) is 0. The highest BCUT2D eigenvalue weighted by Gasteiger charge is 2.37. The Morgan fingerprint density at radius 1 is 1.21 bits per heavy atom. The Morgan fingerprint density at radius 2 is 2.07 bits per heavy atom. The summed E-state index contributed by atoms with van der Waals surface area (Å²) in [6.07, 6.45) is 8.78. The van der Waals surface area contributed by atoms with E-state index in [1.54, 1.807) is 0 Å². The maximum Gasteiger partial charge on any atom is 0.148 e. The molecule has 0 amide bonds. The van der Waals surface area contributed by atoms with Crippen molar-refractivity contribution in [3.63, 3.8) is 0 Å². The first-order chi connectivity index (χ1) is 6.78. The van der Waals surface area contributed by atoms with Crippen molar-refractivity contribution in [2.24, 2.45) is 5.73 Å². The summed E-state index contributed by atoms with van der Waals surface area (Å²) in [7, 11) is 0.